The number of anilines is 1. The van der Waals surface area contributed by atoms with Crippen LogP contribution in [0.4, 0.5) is 10.1 Å². The number of rotatable bonds is 14. The minimum atomic E-state index is -4.18. The van der Waals surface area contributed by atoms with Gasteiger partial charge in [0, 0.05) is 24.0 Å². The Morgan fingerprint density at radius 1 is 0.841 bits per heavy atom. The topological polar surface area (TPSA) is 86.8 Å². The number of hydrogen-bond acceptors (Lipinski definition) is 4. The summed E-state index contributed by atoms with van der Waals surface area (Å²) in [5.41, 5.74) is 1.72. The molecule has 2 amide bonds. The Kier molecular flexibility index (Phi) is 11.7. The summed E-state index contributed by atoms with van der Waals surface area (Å²) in [7, 11) is -4.18. The molecule has 230 valence electrons. The van der Waals surface area contributed by atoms with Crippen LogP contribution in [0, 0.1) is 5.82 Å². The molecule has 1 atom stereocenters. The Labute approximate surface area is 266 Å². The average Bonchev–Trinajstić information content (AvgIpc) is 3.03. The van der Waals surface area contributed by atoms with Gasteiger partial charge in [-0.25, -0.2) is 12.8 Å². The highest BCUT2D eigenvalue weighted by Crippen LogP contribution is 2.26. The largest absolute Gasteiger partial charge is 0.354 e. The van der Waals surface area contributed by atoms with E-state index in [4.69, 9.17) is 0 Å². The second kappa shape index (κ2) is 15.6. The first-order valence-electron chi connectivity index (χ1n) is 14.4. The zero-order chi connectivity index (χ0) is 31.5. The van der Waals surface area contributed by atoms with Crippen LogP contribution < -0.4 is 9.62 Å². The predicted molar refractivity (Wildman–Crippen MR) is 174 cm³/mol. The number of nitrogens with zero attached hydrogens (tertiary/aromatic N) is 2. The molecule has 4 rings (SSSR count). The molecule has 44 heavy (non-hydrogen) atoms. The minimum absolute atomic E-state index is 0.0268. The van der Waals surface area contributed by atoms with Crippen molar-refractivity contribution in [2.45, 2.75) is 43.7 Å². The van der Waals surface area contributed by atoms with Gasteiger partial charge in [-0.05, 0) is 66.1 Å². The van der Waals surface area contributed by atoms with Gasteiger partial charge in [-0.2, -0.15) is 0 Å². The zero-order valence-electron chi connectivity index (χ0n) is 24.4. The molecular formula is C34H35BrFN3O4S. The molecule has 0 heterocycles. The van der Waals surface area contributed by atoms with E-state index in [0.717, 1.165) is 27.2 Å². The van der Waals surface area contributed by atoms with Crippen molar-refractivity contribution in [3.63, 3.8) is 0 Å². The standard InChI is InChI=1S/C34H35BrFN3O4S/c1-2-3-22-37-34(41)32(23-26-10-6-4-7-11-26)38(24-27-14-18-29(36)19-15-27)33(40)25-39(30-20-16-28(35)17-21-30)44(42,43)31-12-8-5-9-13-31/h4-21,32H,2-3,22-25H2,1H3,(H,37,41). The average molecular weight is 681 g/mol. The molecule has 0 aromatic heterocycles. The van der Waals surface area contributed by atoms with E-state index in [1.807, 2.05) is 37.3 Å². The maximum atomic E-state index is 14.4. The first-order valence-corrected chi connectivity index (χ1v) is 16.6. The van der Waals surface area contributed by atoms with Crippen molar-refractivity contribution >= 4 is 43.5 Å². The highest BCUT2D eigenvalue weighted by atomic mass is 79.9. The number of halogens is 2. The Morgan fingerprint density at radius 3 is 2.07 bits per heavy atom. The molecule has 1 N–H and O–H groups in total. The third kappa shape index (κ3) is 8.76. The van der Waals surface area contributed by atoms with Gasteiger partial charge in [0.15, 0.2) is 0 Å². The Bertz CT molecular complexity index is 1620. The van der Waals surface area contributed by atoms with Crippen LogP contribution in [0.2, 0.25) is 0 Å². The second-order valence-electron chi connectivity index (χ2n) is 10.3. The highest BCUT2D eigenvalue weighted by Gasteiger charge is 2.34. The lowest BCUT2D eigenvalue weighted by Crippen LogP contribution is -2.53. The summed E-state index contributed by atoms with van der Waals surface area (Å²) in [5, 5.41) is 2.95. The van der Waals surface area contributed by atoms with Crippen LogP contribution in [0.1, 0.15) is 30.9 Å². The maximum Gasteiger partial charge on any atom is 0.264 e. The number of hydrogen-bond donors (Lipinski definition) is 1. The fraction of sp³-hybridized carbons (Fsp3) is 0.235. The van der Waals surface area contributed by atoms with E-state index in [1.165, 1.54) is 29.2 Å². The van der Waals surface area contributed by atoms with Gasteiger partial charge in [0.05, 0.1) is 10.6 Å². The molecule has 0 bridgehead atoms. The van der Waals surface area contributed by atoms with Crippen molar-refractivity contribution in [2.75, 3.05) is 17.4 Å². The van der Waals surface area contributed by atoms with Crippen molar-refractivity contribution < 1.29 is 22.4 Å². The summed E-state index contributed by atoms with van der Waals surface area (Å²) in [4.78, 5) is 29.5. The van der Waals surface area contributed by atoms with Gasteiger partial charge < -0.3 is 10.2 Å². The predicted octanol–water partition coefficient (Wildman–Crippen LogP) is 6.34. The van der Waals surface area contributed by atoms with Gasteiger partial charge in [0.1, 0.15) is 18.4 Å². The van der Waals surface area contributed by atoms with Gasteiger partial charge in [-0.15, -0.1) is 0 Å². The lowest BCUT2D eigenvalue weighted by molar-refractivity contribution is -0.140. The van der Waals surface area contributed by atoms with Crippen LogP contribution in [-0.4, -0.2) is 44.3 Å². The molecule has 4 aromatic rings. The van der Waals surface area contributed by atoms with E-state index in [-0.39, 0.29) is 23.8 Å². The van der Waals surface area contributed by atoms with Crippen molar-refractivity contribution in [1.82, 2.24) is 10.2 Å². The zero-order valence-corrected chi connectivity index (χ0v) is 26.8. The van der Waals surface area contributed by atoms with Gasteiger partial charge in [0.25, 0.3) is 10.0 Å². The number of unbranched alkanes of at least 4 members (excludes halogenated alkanes) is 1. The molecule has 0 fully saturated rings. The summed E-state index contributed by atoms with van der Waals surface area (Å²) in [5.74, 6) is -1.36. The highest BCUT2D eigenvalue weighted by molar-refractivity contribution is 9.10. The molecule has 0 spiro atoms. The third-order valence-electron chi connectivity index (χ3n) is 7.09. The monoisotopic (exact) mass is 679 g/mol. The first-order chi connectivity index (χ1) is 21.2. The molecular weight excluding hydrogens is 645 g/mol. The van der Waals surface area contributed by atoms with Crippen LogP contribution in [-0.2, 0) is 32.6 Å². The van der Waals surface area contributed by atoms with Crippen LogP contribution >= 0.6 is 15.9 Å². The third-order valence-corrected chi connectivity index (χ3v) is 9.41. The Morgan fingerprint density at radius 2 is 1.45 bits per heavy atom. The van der Waals surface area contributed by atoms with Crippen LogP contribution in [0.15, 0.2) is 119 Å². The van der Waals surface area contributed by atoms with E-state index >= 15 is 0 Å². The summed E-state index contributed by atoms with van der Waals surface area (Å²) >= 11 is 3.38. The van der Waals surface area contributed by atoms with E-state index in [1.54, 1.807) is 54.6 Å². The van der Waals surface area contributed by atoms with Gasteiger partial charge in [-0.1, -0.05) is 89.9 Å². The second-order valence-corrected chi connectivity index (χ2v) is 13.1. The fourth-order valence-corrected chi connectivity index (χ4v) is 6.40. The molecule has 10 heteroatoms. The minimum Gasteiger partial charge on any atom is -0.354 e. The molecule has 0 aliphatic heterocycles. The Balaban J connectivity index is 1.77. The number of sulfonamides is 1. The van der Waals surface area contributed by atoms with Gasteiger partial charge in [0.2, 0.25) is 11.8 Å². The SMILES string of the molecule is CCCCNC(=O)C(Cc1ccccc1)N(Cc1ccc(F)cc1)C(=O)CN(c1ccc(Br)cc1)S(=O)(=O)c1ccccc1. The van der Waals surface area contributed by atoms with Crippen molar-refractivity contribution in [3.05, 3.63) is 131 Å². The fourth-order valence-electron chi connectivity index (χ4n) is 4.70. The van der Waals surface area contributed by atoms with Crippen LogP contribution in [0.25, 0.3) is 0 Å². The van der Waals surface area contributed by atoms with Crippen molar-refractivity contribution in [1.29, 1.82) is 0 Å². The number of carbonyl (C=O) groups excluding carboxylic acids is 2. The lowest BCUT2D eigenvalue weighted by atomic mass is 10.0. The molecule has 0 saturated carbocycles. The summed E-state index contributed by atoms with van der Waals surface area (Å²) in [6.45, 7) is 1.86. The molecule has 7 nitrogen and oxygen atoms in total. The molecule has 0 saturated heterocycles. The van der Waals surface area contributed by atoms with E-state index in [0.29, 0.717) is 17.8 Å². The van der Waals surface area contributed by atoms with E-state index in [9.17, 15) is 22.4 Å². The lowest BCUT2D eigenvalue weighted by Gasteiger charge is -2.34. The first kappa shape index (κ1) is 32.9. The number of amides is 2. The summed E-state index contributed by atoms with van der Waals surface area (Å²) in [6, 6.07) is 28.6. The maximum absolute atomic E-state index is 14.4. The van der Waals surface area contributed by atoms with Crippen LogP contribution in [0.5, 0.6) is 0 Å². The van der Waals surface area contributed by atoms with Crippen molar-refractivity contribution in [2.24, 2.45) is 0 Å². The number of carbonyl (C=O) groups is 2. The molecule has 1 unspecified atom stereocenters. The molecule has 0 aliphatic rings. The number of benzene rings is 4. The van der Waals surface area contributed by atoms with Crippen LogP contribution in [0.3, 0.4) is 0 Å². The summed E-state index contributed by atoms with van der Waals surface area (Å²) in [6.07, 6.45) is 1.85. The smallest absolute Gasteiger partial charge is 0.264 e. The quantitative estimate of drug-likeness (QED) is 0.158. The van der Waals surface area contributed by atoms with Gasteiger partial charge in [-0.3, -0.25) is 13.9 Å². The number of nitrogens with one attached hydrogen (secondary N) is 1. The van der Waals surface area contributed by atoms with Gasteiger partial charge >= 0.3 is 0 Å². The molecule has 0 radical (unpaired) electrons. The van der Waals surface area contributed by atoms with E-state index < -0.39 is 34.3 Å². The summed E-state index contributed by atoms with van der Waals surface area (Å²) < 4.78 is 43.5. The molecule has 4 aromatic carbocycles. The van der Waals surface area contributed by atoms with E-state index in [2.05, 4.69) is 21.2 Å². The molecule has 0 aliphatic carbocycles. The Hall–Kier alpha value is -4.02. The van der Waals surface area contributed by atoms with Crippen molar-refractivity contribution in [3.8, 4) is 0 Å². The normalized spacial score (nSPS) is 11.9.